The Morgan fingerprint density at radius 3 is 1.59 bits per heavy atom. The molecule has 0 unspecified atom stereocenters. The average Bonchev–Trinajstić information content (AvgIpc) is 3.62. The topological polar surface area (TPSA) is 102 Å². The van der Waals surface area contributed by atoms with Gasteiger partial charge in [-0.3, -0.25) is 9.59 Å². The summed E-state index contributed by atoms with van der Waals surface area (Å²) >= 11 is 0. The monoisotopic (exact) mass is 564 g/mol. The first-order valence-electron chi connectivity index (χ1n) is 14.9. The van der Waals surface area contributed by atoms with Crippen molar-refractivity contribution in [2.45, 2.75) is 57.0 Å². The van der Waals surface area contributed by atoms with Crippen LogP contribution in [-0.4, -0.2) is 87.3 Å². The SMILES string of the molecule is COc1cc2c(cc1OCCCCCOc1cc3c(cc1OC)C(=O)N1CCC[C@H]1CN3)NC[C@@H]1CCCN1C2=O. The van der Waals surface area contributed by atoms with Gasteiger partial charge in [-0.2, -0.15) is 0 Å². The number of hydrogen-bond donors (Lipinski definition) is 2. The summed E-state index contributed by atoms with van der Waals surface area (Å²) in [7, 11) is 3.20. The molecule has 2 N–H and O–H groups in total. The molecule has 4 aliphatic rings. The summed E-state index contributed by atoms with van der Waals surface area (Å²) in [6.07, 6.45) is 6.78. The lowest BCUT2D eigenvalue weighted by Crippen LogP contribution is -2.36. The van der Waals surface area contributed by atoms with E-state index in [0.717, 1.165) is 82.5 Å². The highest BCUT2D eigenvalue weighted by Gasteiger charge is 2.35. The number of fused-ring (bicyclic) bond motifs is 4. The maximum Gasteiger partial charge on any atom is 0.256 e. The Morgan fingerprint density at radius 1 is 0.683 bits per heavy atom. The fourth-order valence-electron chi connectivity index (χ4n) is 6.45. The standard InChI is InChI=1S/C31H40N4O6/c1-38-26-14-22-24(32-18-20-8-6-10-34(20)30(22)36)16-28(26)40-12-4-3-5-13-41-29-17-25-23(15-27(29)39-2)31(37)35-11-7-9-21(35)19-33-25/h14-17,20-21,32-33H,3-13,18-19H2,1-2H3/t20-,21-/m0/s1. The van der Waals surface area contributed by atoms with E-state index in [1.165, 1.54) is 0 Å². The summed E-state index contributed by atoms with van der Waals surface area (Å²) in [5.41, 5.74) is 2.90. The second-order valence-electron chi connectivity index (χ2n) is 11.2. The number of anilines is 2. The van der Waals surface area contributed by atoms with Crippen LogP contribution in [0.5, 0.6) is 23.0 Å². The van der Waals surface area contributed by atoms with E-state index in [-0.39, 0.29) is 23.9 Å². The molecule has 0 aromatic heterocycles. The zero-order chi connectivity index (χ0) is 28.3. The number of unbranched alkanes of at least 4 members (excludes halogenated alkanes) is 2. The Labute approximate surface area is 241 Å². The van der Waals surface area contributed by atoms with Gasteiger partial charge in [0.05, 0.1) is 49.9 Å². The highest BCUT2D eigenvalue weighted by Crippen LogP contribution is 2.38. The maximum absolute atomic E-state index is 13.1. The lowest BCUT2D eigenvalue weighted by atomic mass is 10.1. The Kier molecular flexibility index (Phi) is 7.98. The van der Waals surface area contributed by atoms with Gasteiger partial charge in [0.2, 0.25) is 0 Å². The van der Waals surface area contributed by atoms with Gasteiger partial charge < -0.3 is 39.4 Å². The molecule has 0 aliphatic carbocycles. The van der Waals surface area contributed by atoms with Crippen molar-refractivity contribution in [1.29, 1.82) is 0 Å². The molecule has 0 saturated carbocycles. The molecule has 2 amide bonds. The Morgan fingerprint density at radius 2 is 1.15 bits per heavy atom. The van der Waals surface area contributed by atoms with E-state index in [2.05, 4.69) is 10.6 Å². The Bertz CT molecular complexity index is 1200. The first kappa shape index (κ1) is 27.4. The summed E-state index contributed by atoms with van der Waals surface area (Å²) in [6, 6.07) is 7.88. The number of rotatable bonds is 10. The molecular weight excluding hydrogens is 524 g/mol. The molecule has 10 nitrogen and oxygen atoms in total. The molecule has 2 aromatic rings. The second-order valence-corrected chi connectivity index (χ2v) is 11.2. The Hall–Kier alpha value is -3.82. The van der Waals surface area contributed by atoms with Crippen molar-refractivity contribution in [3.63, 3.8) is 0 Å². The molecule has 0 bridgehead atoms. The van der Waals surface area contributed by atoms with Crippen LogP contribution in [0.1, 0.15) is 65.7 Å². The van der Waals surface area contributed by atoms with Crippen LogP contribution in [0.4, 0.5) is 11.4 Å². The zero-order valence-corrected chi connectivity index (χ0v) is 24.0. The van der Waals surface area contributed by atoms with Crippen LogP contribution in [-0.2, 0) is 0 Å². The van der Waals surface area contributed by atoms with Crippen LogP contribution < -0.4 is 29.6 Å². The molecule has 6 rings (SSSR count). The molecule has 2 saturated heterocycles. The smallest absolute Gasteiger partial charge is 0.256 e. The number of nitrogens with one attached hydrogen (secondary N) is 2. The quantitative estimate of drug-likeness (QED) is 0.410. The third kappa shape index (κ3) is 5.44. The van der Waals surface area contributed by atoms with E-state index in [1.807, 2.05) is 21.9 Å². The van der Waals surface area contributed by atoms with E-state index < -0.39 is 0 Å². The van der Waals surface area contributed by atoms with Crippen molar-refractivity contribution in [2.75, 3.05) is 64.2 Å². The van der Waals surface area contributed by atoms with Gasteiger partial charge in [-0.05, 0) is 57.1 Å². The van der Waals surface area contributed by atoms with Crippen molar-refractivity contribution in [2.24, 2.45) is 0 Å². The van der Waals surface area contributed by atoms with E-state index in [9.17, 15) is 9.59 Å². The van der Waals surface area contributed by atoms with Crippen LogP contribution in [0, 0.1) is 0 Å². The minimum atomic E-state index is 0.0613. The molecule has 2 aromatic carbocycles. The van der Waals surface area contributed by atoms with E-state index in [0.29, 0.717) is 47.3 Å². The van der Waals surface area contributed by atoms with E-state index in [1.54, 1.807) is 26.4 Å². The van der Waals surface area contributed by atoms with Crippen LogP contribution in [0.25, 0.3) is 0 Å². The van der Waals surface area contributed by atoms with Crippen molar-refractivity contribution in [1.82, 2.24) is 9.80 Å². The van der Waals surface area contributed by atoms with Crippen molar-refractivity contribution in [3.05, 3.63) is 35.4 Å². The highest BCUT2D eigenvalue weighted by molar-refractivity contribution is 6.02. The molecule has 4 heterocycles. The molecule has 2 atom stereocenters. The molecule has 220 valence electrons. The largest absolute Gasteiger partial charge is 0.493 e. The van der Waals surface area contributed by atoms with Crippen LogP contribution in [0.2, 0.25) is 0 Å². The van der Waals surface area contributed by atoms with Crippen molar-refractivity contribution in [3.8, 4) is 23.0 Å². The number of methoxy groups -OCH3 is 2. The maximum atomic E-state index is 13.1. The van der Waals surface area contributed by atoms with Crippen molar-refractivity contribution >= 4 is 23.2 Å². The average molecular weight is 565 g/mol. The first-order valence-corrected chi connectivity index (χ1v) is 14.9. The molecule has 41 heavy (non-hydrogen) atoms. The first-order chi connectivity index (χ1) is 20.1. The highest BCUT2D eigenvalue weighted by atomic mass is 16.5. The number of carbonyl (C=O) groups excluding carboxylic acids is 2. The van der Waals surface area contributed by atoms with Gasteiger partial charge in [-0.1, -0.05) is 0 Å². The fraction of sp³-hybridized carbons (Fsp3) is 0.548. The second kappa shape index (κ2) is 12.0. The van der Waals surface area contributed by atoms with Crippen LogP contribution in [0.15, 0.2) is 24.3 Å². The van der Waals surface area contributed by atoms with Gasteiger partial charge in [0.15, 0.2) is 23.0 Å². The van der Waals surface area contributed by atoms with Crippen LogP contribution >= 0.6 is 0 Å². The fourth-order valence-corrected chi connectivity index (χ4v) is 6.45. The molecule has 0 radical (unpaired) electrons. The zero-order valence-electron chi connectivity index (χ0n) is 24.0. The summed E-state index contributed by atoms with van der Waals surface area (Å²) in [6.45, 7) is 4.19. The number of ether oxygens (including phenoxy) is 4. The van der Waals surface area contributed by atoms with Gasteiger partial charge in [-0.25, -0.2) is 0 Å². The summed E-state index contributed by atoms with van der Waals surface area (Å²) in [4.78, 5) is 30.1. The number of amides is 2. The van der Waals surface area contributed by atoms with E-state index in [4.69, 9.17) is 18.9 Å². The lowest BCUT2D eigenvalue weighted by Gasteiger charge is -2.21. The predicted octanol–water partition coefficient (Wildman–Crippen LogP) is 4.39. The van der Waals surface area contributed by atoms with Gasteiger partial charge in [0.1, 0.15) is 0 Å². The lowest BCUT2D eigenvalue weighted by molar-refractivity contribution is 0.0742. The molecule has 2 fully saturated rings. The van der Waals surface area contributed by atoms with Gasteiger partial charge >= 0.3 is 0 Å². The van der Waals surface area contributed by atoms with Gasteiger partial charge in [0, 0.05) is 50.4 Å². The normalized spacial score (nSPS) is 21.0. The van der Waals surface area contributed by atoms with Gasteiger partial charge in [-0.15, -0.1) is 0 Å². The number of hydrogen-bond acceptors (Lipinski definition) is 8. The number of nitrogens with zero attached hydrogens (tertiary/aromatic N) is 2. The minimum Gasteiger partial charge on any atom is -0.493 e. The third-order valence-corrected chi connectivity index (χ3v) is 8.70. The molecule has 0 spiro atoms. The van der Waals surface area contributed by atoms with Crippen molar-refractivity contribution < 1.29 is 28.5 Å². The number of carbonyl (C=O) groups is 2. The third-order valence-electron chi connectivity index (χ3n) is 8.70. The van der Waals surface area contributed by atoms with E-state index >= 15 is 0 Å². The Balaban J connectivity index is 1.00. The molecule has 4 aliphatic heterocycles. The minimum absolute atomic E-state index is 0.0613. The predicted molar refractivity (Wildman–Crippen MR) is 156 cm³/mol. The van der Waals surface area contributed by atoms with Crippen LogP contribution in [0.3, 0.4) is 0 Å². The molecule has 10 heteroatoms. The summed E-state index contributed by atoms with van der Waals surface area (Å²) < 4.78 is 23.3. The molecular formula is C31H40N4O6. The summed E-state index contributed by atoms with van der Waals surface area (Å²) in [5, 5.41) is 6.89. The summed E-state index contributed by atoms with van der Waals surface area (Å²) in [5.74, 6) is 2.55. The van der Waals surface area contributed by atoms with Gasteiger partial charge in [0.25, 0.3) is 11.8 Å². The number of benzene rings is 2.